The summed E-state index contributed by atoms with van der Waals surface area (Å²) in [5.74, 6) is 0.692. The van der Waals surface area contributed by atoms with Crippen LogP contribution in [0.3, 0.4) is 0 Å². The van der Waals surface area contributed by atoms with Crippen molar-refractivity contribution in [3.05, 3.63) is 57.2 Å². The Labute approximate surface area is 191 Å². The predicted molar refractivity (Wildman–Crippen MR) is 121 cm³/mol. The first-order valence-corrected chi connectivity index (χ1v) is 11.3. The summed E-state index contributed by atoms with van der Waals surface area (Å²) in [6.45, 7) is 6.87. The van der Waals surface area contributed by atoms with Gasteiger partial charge < -0.3 is 14.2 Å². The number of amides is 1. The van der Waals surface area contributed by atoms with Crippen LogP contribution >= 0.6 is 11.6 Å². The molecule has 166 valence electrons. The third-order valence-electron chi connectivity index (χ3n) is 6.78. The van der Waals surface area contributed by atoms with Gasteiger partial charge in [-0.05, 0) is 50.1 Å². The number of benzene rings is 2. The highest BCUT2D eigenvalue weighted by Gasteiger charge is 2.44. The SMILES string of the molecule is Cc1ccc2onc(CC(=O)N3CCC4(CC3)CC(=O)c3c(cc(C)c(Cl)c3C)O4)c2c1. The van der Waals surface area contributed by atoms with Gasteiger partial charge in [0.2, 0.25) is 5.91 Å². The molecule has 0 saturated carbocycles. The van der Waals surface area contributed by atoms with Crippen molar-refractivity contribution >= 4 is 34.3 Å². The quantitative estimate of drug-likeness (QED) is 0.548. The molecule has 32 heavy (non-hydrogen) atoms. The molecular weight excluding hydrogens is 428 g/mol. The summed E-state index contributed by atoms with van der Waals surface area (Å²) >= 11 is 6.35. The van der Waals surface area contributed by atoms with Crippen LogP contribution in [0.4, 0.5) is 0 Å². The van der Waals surface area contributed by atoms with Crippen LogP contribution in [-0.2, 0) is 11.2 Å². The van der Waals surface area contributed by atoms with Gasteiger partial charge in [-0.1, -0.05) is 28.4 Å². The van der Waals surface area contributed by atoms with Crippen molar-refractivity contribution in [3.8, 4) is 5.75 Å². The molecule has 1 fully saturated rings. The normalized spacial score (nSPS) is 17.5. The second-order valence-corrected chi connectivity index (χ2v) is 9.46. The van der Waals surface area contributed by atoms with E-state index in [1.165, 1.54) is 0 Å². The molecule has 2 aromatic carbocycles. The molecule has 1 spiro atoms. The van der Waals surface area contributed by atoms with E-state index in [1.54, 1.807) is 0 Å². The van der Waals surface area contributed by atoms with E-state index in [4.69, 9.17) is 20.9 Å². The first-order chi connectivity index (χ1) is 15.3. The molecule has 0 aliphatic carbocycles. The Hall–Kier alpha value is -2.86. The number of ketones is 1. The van der Waals surface area contributed by atoms with Crippen LogP contribution in [0.5, 0.6) is 5.75 Å². The molecule has 0 radical (unpaired) electrons. The molecule has 0 N–H and O–H groups in total. The topological polar surface area (TPSA) is 72.6 Å². The van der Waals surface area contributed by atoms with E-state index in [2.05, 4.69) is 5.16 Å². The number of fused-ring (bicyclic) bond motifs is 2. The number of carbonyl (C=O) groups is 2. The number of likely N-dealkylation sites (tertiary alicyclic amines) is 1. The number of rotatable bonds is 2. The van der Waals surface area contributed by atoms with Crippen LogP contribution in [0, 0.1) is 20.8 Å². The van der Waals surface area contributed by atoms with Crippen LogP contribution in [0.2, 0.25) is 5.02 Å². The van der Waals surface area contributed by atoms with Crippen molar-refractivity contribution in [1.29, 1.82) is 0 Å². The Bertz CT molecular complexity index is 1250. The molecule has 6 nitrogen and oxygen atoms in total. The summed E-state index contributed by atoms with van der Waals surface area (Å²) in [7, 11) is 0. The molecule has 1 saturated heterocycles. The van der Waals surface area contributed by atoms with Crippen LogP contribution in [0.25, 0.3) is 11.0 Å². The fraction of sp³-hybridized carbons (Fsp3) is 0.400. The number of ether oxygens (including phenoxy) is 1. The molecule has 1 aromatic heterocycles. The number of halogens is 1. The van der Waals surface area contributed by atoms with Crippen LogP contribution < -0.4 is 4.74 Å². The summed E-state index contributed by atoms with van der Waals surface area (Å²) in [5, 5.41) is 5.61. The number of carbonyl (C=O) groups excluding carboxylic acids is 2. The Kier molecular flexibility index (Phi) is 5.01. The number of aryl methyl sites for hydroxylation is 2. The minimum atomic E-state index is -0.564. The average molecular weight is 453 g/mol. The minimum Gasteiger partial charge on any atom is -0.486 e. The summed E-state index contributed by atoms with van der Waals surface area (Å²) in [5.41, 5.74) is 4.16. The fourth-order valence-electron chi connectivity index (χ4n) is 4.93. The third kappa shape index (κ3) is 3.47. The number of Topliss-reactive ketones (excluding diaryl/α,β-unsaturated/α-hetero) is 1. The summed E-state index contributed by atoms with van der Waals surface area (Å²) in [6, 6.07) is 7.69. The maximum Gasteiger partial charge on any atom is 0.228 e. The predicted octanol–water partition coefficient (Wildman–Crippen LogP) is 4.98. The van der Waals surface area contributed by atoms with Gasteiger partial charge in [0, 0.05) is 36.3 Å². The van der Waals surface area contributed by atoms with Crippen LogP contribution in [0.1, 0.15) is 52.0 Å². The zero-order valence-electron chi connectivity index (χ0n) is 18.5. The molecule has 0 atom stereocenters. The fourth-order valence-corrected chi connectivity index (χ4v) is 5.08. The zero-order chi connectivity index (χ0) is 22.6. The molecule has 3 aromatic rings. The van der Waals surface area contributed by atoms with E-state index in [0.29, 0.717) is 60.0 Å². The van der Waals surface area contributed by atoms with Crippen molar-refractivity contribution in [3.63, 3.8) is 0 Å². The van der Waals surface area contributed by atoms with Crippen molar-refractivity contribution in [2.75, 3.05) is 13.1 Å². The lowest BCUT2D eigenvalue weighted by Crippen LogP contribution is -2.52. The number of hydrogen-bond acceptors (Lipinski definition) is 5. The first-order valence-electron chi connectivity index (χ1n) is 10.9. The maximum absolute atomic E-state index is 13.0. The lowest BCUT2D eigenvalue weighted by Gasteiger charge is -2.44. The van der Waals surface area contributed by atoms with Crippen LogP contribution in [-0.4, -0.2) is 40.4 Å². The van der Waals surface area contributed by atoms with E-state index in [-0.39, 0.29) is 18.1 Å². The molecule has 3 heterocycles. The Morgan fingerprint density at radius 2 is 1.94 bits per heavy atom. The van der Waals surface area contributed by atoms with E-state index in [1.807, 2.05) is 49.9 Å². The average Bonchev–Trinajstić information content (AvgIpc) is 3.14. The highest BCUT2D eigenvalue weighted by Crippen LogP contribution is 2.43. The summed E-state index contributed by atoms with van der Waals surface area (Å²) < 4.78 is 11.8. The number of nitrogens with zero attached hydrogens (tertiary/aromatic N) is 2. The van der Waals surface area contributed by atoms with E-state index in [0.717, 1.165) is 22.1 Å². The molecule has 5 rings (SSSR count). The molecule has 7 heteroatoms. The van der Waals surface area contributed by atoms with Gasteiger partial charge in [0.25, 0.3) is 0 Å². The lowest BCUT2D eigenvalue weighted by molar-refractivity contribution is -0.134. The van der Waals surface area contributed by atoms with E-state index < -0.39 is 5.60 Å². The first kappa shape index (κ1) is 21.0. The largest absolute Gasteiger partial charge is 0.486 e. The van der Waals surface area contributed by atoms with Crippen molar-refractivity contribution in [1.82, 2.24) is 10.1 Å². The highest BCUT2D eigenvalue weighted by atomic mass is 35.5. The highest BCUT2D eigenvalue weighted by molar-refractivity contribution is 6.32. The lowest BCUT2D eigenvalue weighted by atomic mass is 9.81. The van der Waals surface area contributed by atoms with Gasteiger partial charge in [-0.2, -0.15) is 0 Å². The number of hydrogen-bond donors (Lipinski definition) is 0. The molecule has 2 aliphatic rings. The molecule has 2 aliphatic heterocycles. The van der Waals surface area contributed by atoms with Crippen molar-refractivity contribution < 1.29 is 18.8 Å². The Morgan fingerprint density at radius 3 is 2.69 bits per heavy atom. The zero-order valence-corrected chi connectivity index (χ0v) is 19.2. The molecule has 0 unspecified atom stereocenters. The van der Waals surface area contributed by atoms with Gasteiger partial charge in [0.05, 0.1) is 18.4 Å². The minimum absolute atomic E-state index is 0.0116. The second-order valence-electron chi connectivity index (χ2n) is 9.08. The van der Waals surface area contributed by atoms with E-state index in [9.17, 15) is 9.59 Å². The second kappa shape index (κ2) is 7.62. The summed E-state index contributed by atoms with van der Waals surface area (Å²) in [6.07, 6.45) is 1.74. The number of piperidine rings is 1. The smallest absolute Gasteiger partial charge is 0.228 e. The van der Waals surface area contributed by atoms with Gasteiger partial charge in [-0.25, -0.2) is 0 Å². The standard InChI is InChI=1S/C25H25ClN2O4/c1-14-4-5-20-17(10-14)18(27-32-20)12-22(30)28-8-6-25(7-9-28)13-19(29)23-16(3)24(26)15(2)11-21(23)31-25/h4-5,10-11H,6-9,12-13H2,1-3H3. The van der Waals surface area contributed by atoms with Gasteiger partial charge >= 0.3 is 0 Å². The molecule has 0 bridgehead atoms. The van der Waals surface area contributed by atoms with Gasteiger partial charge in [-0.3, -0.25) is 9.59 Å². The van der Waals surface area contributed by atoms with E-state index >= 15 is 0 Å². The van der Waals surface area contributed by atoms with Crippen molar-refractivity contribution in [2.24, 2.45) is 0 Å². The monoisotopic (exact) mass is 452 g/mol. The maximum atomic E-state index is 13.0. The Morgan fingerprint density at radius 1 is 1.19 bits per heavy atom. The van der Waals surface area contributed by atoms with Crippen molar-refractivity contribution in [2.45, 2.75) is 52.1 Å². The number of aromatic nitrogens is 1. The molecule has 1 amide bonds. The van der Waals surface area contributed by atoms with Gasteiger partial charge in [-0.15, -0.1) is 0 Å². The van der Waals surface area contributed by atoms with Gasteiger partial charge in [0.1, 0.15) is 17.0 Å². The third-order valence-corrected chi connectivity index (χ3v) is 7.36. The van der Waals surface area contributed by atoms with Gasteiger partial charge in [0.15, 0.2) is 11.4 Å². The Balaban J connectivity index is 1.30. The van der Waals surface area contributed by atoms with Crippen LogP contribution in [0.15, 0.2) is 28.8 Å². The summed E-state index contributed by atoms with van der Waals surface area (Å²) in [4.78, 5) is 27.8. The molecular formula is C25H25ClN2O4.